The number of para-hydroxylation sites is 1. The molecule has 0 radical (unpaired) electrons. The number of carbonyl (C=O) groups excluding carboxylic acids is 1. The number of anilines is 1. The number of aromatic nitrogens is 2. The minimum atomic E-state index is -0.292. The molecule has 156 valence electrons. The molecule has 0 aliphatic carbocycles. The van der Waals surface area contributed by atoms with Crippen molar-refractivity contribution in [2.45, 2.75) is 30.7 Å². The molecule has 1 amide bonds. The first-order valence-electron chi connectivity index (χ1n) is 10.2. The summed E-state index contributed by atoms with van der Waals surface area (Å²) in [4.78, 5) is 24.7. The highest BCUT2D eigenvalue weighted by molar-refractivity contribution is 8.00. The standard InChI is InChI=1S/C23H26N4O2S/c1-16-6-5-7-18(14-16)24-22(28)17(2)30-23-19-8-3-4-9-20(19)25-21(26-23)15-27-10-12-29-13-11-27/h3-9,14,17H,10-13,15H2,1-2H3,(H,24,28)/t17-/m0/s1. The van der Waals surface area contributed by atoms with E-state index in [1.807, 2.05) is 62.4 Å². The Balaban J connectivity index is 1.53. The van der Waals surface area contributed by atoms with E-state index >= 15 is 0 Å². The van der Waals surface area contributed by atoms with Gasteiger partial charge in [0.15, 0.2) is 0 Å². The highest BCUT2D eigenvalue weighted by atomic mass is 32.2. The molecule has 1 N–H and O–H groups in total. The molecule has 6 nitrogen and oxygen atoms in total. The number of aryl methyl sites for hydroxylation is 1. The molecule has 7 heteroatoms. The monoisotopic (exact) mass is 422 g/mol. The second-order valence-electron chi connectivity index (χ2n) is 7.47. The number of thioether (sulfide) groups is 1. The molecule has 0 unspecified atom stereocenters. The highest BCUT2D eigenvalue weighted by Gasteiger charge is 2.19. The van der Waals surface area contributed by atoms with Gasteiger partial charge in [0.1, 0.15) is 10.9 Å². The van der Waals surface area contributed by atoms with Crippen molar-refractivity contribution in [3.63, 3.8) is 0 Å². The van der Waals surface area contributed by atoms with E-state index in [0.717, 1.165) is 59.3 Å². The van der Waals surface area contributed by atoms with E-state index in [1.165, 1.54) is 11.8 Å². The molecule has 0 saturated carbocycles. The predicted molar refractivity (Wildman–Crippen MR) is 121 cm³/mol. The van der Waals surface area contributed by atoms with Crippen LogP contribution >= 0.6 is 11.8 Å². The minimum Gasteiger partial charge on any atom is -0.379 e. The van der Waals surface area contributed by atoms with Crippen LogP contribution in [-0.4, -0.2) is 52.3 Å². The lowest BCUT2D eigenvalue weighted by molar-refractivity contribution is -0.115. The van der Waals surface area contributed by atoms with Crippen molar-refractivity contribution in [3.8, 4) is 0 Å². The molecule has 4 rings (SSSR count). The van der Waals surface area contributed by atoms with Gasteiger partial charge in [0.25, 0.3) is 0 Å². The third-order valence-electron chi connectivity index (χ3n) is 5.03. The Kier molecular flexibility index (Phi) is 6.62. The Morgan fingerprint density at radius 2 is 1.97 bits per heavy atom. The maximum atomic E-state index is 12.8. The molecule has 0 spiro atoms. The van der Waals surface area contributed by atoms with Crippen LogP contribution in [0, 0.1) is 6.92 Å². The molecule has 30 heavy (non-hydrogen) atoms. The minimum absolute atomic E-state index is 0.0389. The zero-order valence-corrected chi connectivity index (χ0v) is 18.1. The fourth-order valence-corrected chi connectivity index (χ4v) is 4.36. The number of amides is 1. The largest absolute Gasteiger partial charge is 0.379 e. The first-order valence-corrected chi connectivity index (χ1v) is 11.1. The summed E-state index contributed by atoms with van der Waals surface area (Å²) < 4.78 is 5.44. The number of carbonyl (C=O) groups is 1. The Labute approximate surface area is 181 Å². The number of hydrogen-bond acceptors (Lipinski definition) is 6. The van der Waals surface area contributed by atoms with Crippen LogP contribution < -0.4 is 5.32 Å². The Bertz CT molecular complexity index is 1040. The summed E-state index contributed by atoms with van der Waals surface area (Å²) in [5.41, 5.74) is 2.83. The molecule has 0 bridgehead atoms. The van der Waals surface area contributed by atoms with Crippen molar-refractivity contribution in [3.05, 3.63) is 59.9 Å². The topological polar surface area (TPSA) is 67.4 Å². The van der Waals surface area contributed by atoms with E-state index < -0.39 is 0 Å². The molecule has 1 atom stereocenters. The van der Waals surface area contributed by atoms with Crippen LogP contribution in [0.3, 0.4) is 0 Å². The smallest absolute Gasteiger partial charge is 0.237 e. The summed E-state index contributed by atoms with van der Waals surface area (Å²) in [6, 6.07) is 15.8. The van der Waals surface area contributed by atoms with E-state index in [2.05, 4.69) is 10.2 Å². The van der Waals surface area contributed by atoms with E-state index in [4.69, 9.17) is 14.7 Å². The van der Waals surface area contributed by atoms with Gasteiger partial charge in [0, 0.05) is 24.2 Å². The van der Waals surface area contributed by atoms with Crippen molar-refractivity contribution in [1.29, 1.82) is 0 Å². The van der Waals surface area contributed by atoms with Gasteiger partial charge in [-0.25, -0.2) is 9.97 Å². The summed E-state index contributed by atoms with van der Waals surface area (Å²) in [5, 5.41) is 4.53. The fraction of sp³-hybridized carbons (Fsp3) is 0.348. The first kappa shape index (κ1) is 20.8. The third kappa shape index (κ3) is 5.16. The van der Waals surface area contributed by atoms with Crippen molar-refractivity contribution >= 4 is 34.3 Å². The molecule has 1 saturated heterocycles. The Morgan fingerprint density at radius 1 is 1.17 bits per heavy atom. The number of fused-ring (bicyclic) bond motifs is 1. The van der Waals surface area contributed by atoms with Gasteiger partial charge in [-0.05, 0) is 37.6 Å². The van der Waals surface area contributed by atoms with E-state index in [9.17, 15) is 4.79 Å². The zero-order chi connectivity index (χ0) is 20.9. The number of benzene rings is 2. The van der Waals surface area contributed by atoms with Crippen molar-refractivity contribution in [1.82, 2.24) is 14.9 Å². The summed E-state index contributed by atoms with van der Waals surface area (Å²) in [6.45, 7) is 7.86. The number of morpholine rings is 1. The lowest BCUT2D eigenvalue weighted by Gasteiger charge is -2.26. The van der Waals surface area contributed by atoms with Crippen LogP contribution in [0.15, 0.2) is 53.6 Å². The lowest BCUT2D eigenvalue weighted by atomic mass is 10.2. The fourth-order valence-electron chi connectivity index (χ4n) is 3.40. The van der Waals surface area contributed by atoms with E-state index in [-0.39, 0.29) is 11.2 Å². The number of nitrogens with one attached hydrogen (secondary N) is 1. The van der Waals surface area contributed by atoms with Crippen molar-refractivity contribution in [2.75, 3.05) is 31.6 Å². The maximum absolute atomic E-state index is 12.8. The molecular weight excluding hydrogens is 396 g/mol. The van der Waals surface area contributed by atoms with Crippen LogP contribution in [0.2, 0.25) is 0 Å². The number of nitrogens with zero attached hydrogens (tertiary/aromatic N) is 3. The normalized spacial score (nSPS) is 15.8. The highest BCUT2D eigenvalue weighted by Crippen LogP contribution is 2.29. The van der Waals surface area contributed by atoms with Crippen LogP contribution in [0.5, 0.6) is 0 Å². The van der Waals surface area contributed by atoms with Gasteiger partial charge < -0.3 is 10.1 Å². The van der Waals surface area contributed by atoms with Gasteiger partial charge in [0.2, 0.25) is 5.91 Å². The Morgan fingerprint density at radius 3 is 2.77 bits per heavy atom. The van der Waals surface area contributed by atoms with Crippen LogP contribution in [0.25, 0.3) is 10.9 Å². The molecule has 1 aromatic heterocycles. The first-order chi connectivity index (χ1) is 14.6. The molecule has 1 fully saturated rings. The average molecular weight is 423 g/mol. The zero-order valence-electron chi connectivity index (χ0n) is 17.3. The molecule has 3 aromatic rings. The van der Waals surface area contributed by atoms with Gasteiger partial charge >= 0.3 is 0 Å². The number of rotatable bonds is 6. The summed E-state index contributed by atoms with van der Waals surface area (Å²) >= 11 is 1.47. The molecule has 1 aliphatic heterocycles. The summed E-state index contributed by atoms with van der Waals surface area (Å²) in [5.74, 6) is 0.743. The summed E-state index contributed by atoms with van der Waals surface area (Å²) in [6.07, 6.45) is 0. The molecular formula is C23H26N4O2S. The van der Waals surface area contributed by atoms with Crippen molar-refractivity contribution in [2.24, 2.45) is 0 Å². The number of hydrogen-bond donors (Lipinski definition) is 1. The van der Waals surface area contributed by atoms with Crippen LogP contribution in [-0.2, 0) is 16.1 Å². The summed E-state index contributed by atoms with van der Waals surface area (Å²) in [7, 11) is 0. The third-order valence-corrected chi connectivity index (χ3v) is 6.13. The van der Waals surface area contributed by atoms with Gasteiger partial charge in [-0.1, -0.05) is 42.1 Å². The second kappa shape index (κ2) is 9.55. The van der Waals surface area contributed by atoms with Gasteiger partial charge in [-0.3, -0.25) is 9.69 Å². The van der Waals surface area contributed by atoms with Crippen molar-refractivity contribution < 1.29 is 9.53 Å². The molecule has 1 aliphatic rings. The lowest BCUT2D eigenvalue weighted by Crippen LogP contribution is -2.36. The van der Waals surface area contributed by atoms with E-state index in [0.29, 0.717) is 6.54 Å². The molecule has 2 heterocycles. The van der Waals surface area contributed by atoms with Crippen LogP contribution in [0.4, 0.5) is 5.69 Å². The predicted octanol–water partition coefficient (Wildman–Crippen LogP) is 3.89. The van der Waals surface area contributed by atoms with E-state index in [1.54, 1.807) is 0 Å². The Hall–Kier alpha value is -2.48. The quantitative estimate of drug-likeness (QED) is 0.480. The second-order valence-corrected chi connectivity index (χ2v) is 8.80. The van der Waals surface area contributed by atoms with Gasteiger partial charge in [-0.15, -0.1) is 0 Å². The van der Waals surface area contributed by atoms with Crippen LogP contribution in [0.1, 0.15) is 18.3 Å². The van der Waals surface area contributed by atoms with Gasteiger partial charge in [0.05, 0.1) is 30.5 Å². The average Bonchev–Trinajstić information content (AvgIpc) is 2.74. The van der Waals surface area contributed by atoms with Gasteiger partial charge in [-0.2, -0.15) is 0 Å². The SMILES string of the molecule is Cc1cccc(NC(=O)[C@H](C)Sc2nc(CN3CCOCC3)nc3ccccc23)c1. The number of ether oxygens (including phenoxy) is 1. The maximum Gasteiger partial charge on any atom is 0.237 e. The molecule has 2 aromatic carbocycles.